The lowest BCUT2D eigenvalue weighted by Crippen LogP contribution is -2.31. The number of nitrogens with two attached hydrogens (primary N) is 1. The van der Waals surface area contributed by atoms with E-state index in [0.29, 0.717) is 11.3 Å². The maximum absolute atomic E-state index is 12.4. The molecular formula is C58H50FN. The Morgan fingerprint density at radius 3 is 2.02 bits per heavy atom. The predicted molar refractivity (Wildman–Crippen MR) is 254 cm³/mol. The number of fused-ring (bicyclic) bond motifs is 5. The van der Waals surface area contributed by atoms with Gasteiger partial charge in [-0.1, -0.05) is 189 Å². The van der Waals surface area contributed by atoms with Crippen molar-refractivity contribution in [3.8, 4) is 22.3 Å². The van der Waals surface area contributed by atoms with Crippen molar-refractivity contribution in [3.05, 3.63) is 263 Å². The molecule has 0 aromatic heterocycles. The van der Waals surface area contributed by atoms with E-state index in [4.69, 9.17) is 5.73 Å². The lowest BCUT2D eigenvalue weighted by Gasteiger charge is -2.37. The Labute approximate surface area is 355 Å². The van der Waals surface area contributed by atoms with Crippen LogP contribution >= 0.6 is 0 Å². The van der Waals surface area contributed by atoms with Crippen molar-refractivity contribution in [1.29, 1.82) is 0 Å². The normalized spacial score (nSPS) is 15.2. The zero-order chi connectivity index (χ0) is 41.8. The number of halogens is 1. The van der Waals surface area contributed by atoms with Crippen LogP contribution in [0.5, 0.6) is 0 Å². The third-order valence-corrected chi connectivity index (χ3v) is 12.0. The molecular weight excluding hydrogens is 730 g/mol. The highest BCUT2D eigenvalue weighted by molar-refractivity contribution is 5.96. The van der Waals surface area contributed by atoms with Crippen LogP contribution in [0, 0.1) is 12.7 Å². The van der Waals surface area contributed by atoms with Gasteiger partial charge in [-0.25, -0.2) is 4.39 Å². The van der Waals surface area contributed by atoms with Gasteiger partial charge in [0.2, 0.25) is 0 Å². The summed E-state index contributed by atoms with van der Waals surface area (Å²) in [6.07, 6.45) is 9.97. The van der Waals surface area contributed by atoms with E-state index in [1.54, 1.807) is 12.1 Å². The molecule has 1 nitrogen and oxygen atoms in total. The van der Waals surface area contributed by atoms with Gasteiger partial charge in [-0.15, -0.1) is 0 Å². The predicted octanol–water partition coefficient (Wildman–Crippen LogP) is 14.8. The summed E-state index contributed by atoms with van der Waals surface area (Å²) < 4.78 is 12.4. The van der Waals surface area contributed by atoms with E-state index in [2.05, 4.69) is 160 Å². The van der Waals surface area contributed by atoms with E-state index in [9.17, 15) is 4.39 Å². The highest BCUT2D eigenvalue weighted by Crippen LogP contribution is 2.60. The number of allylic oxidation sites excluding steroid dienone is 5. The molecule has 1 unspecified atom stereocenters. The SMILES string of the molecule is C=C(C)c1ccccc1.C=C(N)c1cccc(F)c1.C=Cc1ccccc1C1(c2ccccc2C)C2=C(CCC=C2)c2c(-c3ccc4c(c3)-c3ccccc3C4)cccc21. The van der Waals surface area contributed by atoms with E-state index in [-0.39, 0.29) is 5.82 Å². The monoisotopic (exact) mass is 779 g/mol. The highest BCUT2D eigenvalue weighted by atomic mass is 19.1. The summed E-state index contributed by atoms with van der Waals surface area (Å²) in [5.74, 6) is -0.288. The van der Waals surface area contributed by atoms with Crippen molar-refractivity contribution >= 4 is 22.9 Å². The highest BCUT2D eigenvalue weighted by Gasteiger charge is 2.49. The first-order chi connectivity index (χ1) is 29.2. The summed E-state index contributed by atoms with van der Waals surface area (Å²) in [6, 6.07) is 57.1. The molecule has 0 heterocycles. The molecule has 0 radical (unpaired) electrons. The quantitative estimate of drug-likeness (QED) is 0.179. The fraction of sp³-hybridized carbons (Fsp3) is 0.103. The van der Waals surface area contributed by atoms with E-state index in [1.807, 2.05) is 31.2 Å². The van der Waals surface area contributed by atoms with Gasteiger partial charge in [-0.3, -0.25) is 0 Å². The van der Waals surface area contributed by atoms with Crippen molar-refractivity contribution in [2.45, 2.75) is 38.5 Å². The molecule has 0 saturated heterocycles. The number of aryl methyl sites for hydroxylation is 1. The third kappa shape index (κ3) is 7.31. The summed E-state index contributed by atoms with van der Waals surface area (Å²) in [5, 5.41) is 0. The molecule has 2 N–H and O–H groups in total. The number of hydrogen-bond acceptors (Lipinski definition) is 1. The van der Waals surface area contributed by atoms with Crippen molar-refractivity contribution in [1.82, 2.24) is 0 Å². The van der Waals surface area contributed by atoms with E-state index in [1.165, 1.54) is 95.6 Å². The first kappa shape index (κ1) is 39.8. The molecule has 3 aliphatic carbocycles. The Morgan fingerprint density at radius 1 is 0.650 bits per heavy atom. The fourth-order valence-electron chi connectivity index (χ4n) is 9.29. The van der Waals surface area contributed by atoms with Gasteiger partial charge < -0.3 is 5.73 Å². The van der Waals surface area contributed by atoms with Gasteiger partial charge in [0.15, 0.2) is 0 Å². The summed E-state index contributed by atoms with van der Waals surface area (Å²) in [5.41, 5.74) is 27.4. The molecule has 60 heavy (non-hydrogen) atoms. The smallest absolute Gasteiger partial charge is 0.123 e. The zero-order valence-electron chi connectivity index (χ0n) is 34.5. The van der Waals surface area contributed by atoms with Gasteiger partial charge in [0.1, 0.15) is 5.82 Å². The zero-order valence-corrected chi connectivity index (χ0v) is 34.5. The van der Waals surface area contributed by atoms with Crippen LogP contribution in [0.3, 0.4) is 0 Å². The molecule has 0 bridgehead atoms. The molecule has 10 rings (SSSR count). The van der Waals surface area contributed by atoms with Crippen LogP contribution in [-0.4, -0.2) is 0 Å². The Morgan fingerprint density at radius 2 is 1.30 bits per heavy atom. The molecule has 0 spiro atoms. The minimum atomic E-state index is -0.406. The van der Waals surface area contributed by atoms with Gasteiger partial charge >= 0.3 is 0 Å². The second-order valence-corrected chi connectivity index (χ2v) is 15.8. The van der Waals surface area contributed by atoms with Gasteiger partial charge in [-0.05, 0) is 140 Å². The second-order valence-electron chi connectivity index (χ2n) is 15.8. The molecule has 7 aromatic carbocycles. The summed E-state index contributed by atoms with van der Waals surface area (Å²) in [6.45, 7) is 15.8. The lowest BCUT2D eigenvalue weighted by molar-refractivity contribution is 0.627. The molecule has 7 aromatic rings. The minimum Gasteiger partial charge on any atom is -0.399 e. The molecule has 294 valence electrons. The van der Waals surface area contributed by atoms with Gasteiger partial charge in [0, 0.05) is 5.70 Å². The topological polar surface area (TPSA) is 26.0 Å². The van der Waals surface area contributed by atoms with Gasteiger partial charge in [-0.2, -0.15) is 0 Å². The van der Waals surface area contributed by atoms with Crippen LogP contribution in [0.1, 0.15) is 75.4 Å². The summed E-state index contributed by atoms with van der Waals surface area (Å²) >= 11 is 0. The van der Waals surface area contributed by atoms with Crippen LogP contribution < -0.4 is 5.73 Å². The van der Waals surface area contributed by atoms with Crippen LogP contribution in [0.4, 0.5) is 4.39 Å². The third-order valence-electron chi connectivity index (χ3n) is 12.0. The molecule has 2 heteroatoms. The average Bonchev–Trinajstić information content (AvgIpc) is 3.81. The molecule has 3 aliphatic rings. The molecule has 0 aliphatic heterocycles. The second kappa shape index (κ2) is 17.1. The number of rotatable bonds is 6. The Kier molecular flexibility index (Phi) is 11.3. The standard InChI is InChI=1S/C41H32.C9H10.C8H8FN/c1-3-28-14-6-10-20-37(28)41(36-19-9-4-13-27(36)2)38-21-11-8-17-34(38)40-33(18-12-22-39(40)41)31-24-23-30-25-29-15-5-7-16-32(29)35(30)26-31;1-8(2)9-6-4-3-5-7-9;1-6(10)7-3-2-4-8(9)5-7/h3-7,9-16,18-24,26H,1,8,17,25H2,2H3;3-7H,1H2,2H3;2-5H,1,10H2. The minimum absolute atomic E-state index is 0.288. The van der Waals surface area contributed by atoms with Gasteiger partial charge in [0.05, 0.1) is 5.41 Å². The van der Waals surface area contributed by atoms with E-state index >= 15 is 0 Å². The van der Waals surface area contributed by atoms with E-state index < -0.39 is 5.41 Å². The summed E-state index contributed by atoms with van der Waals surface area (Å²) in [7, 11) is 0. The van der Waals surface area contributed by atoms with Crippen molar-refractivity contribution in [2.24, 2.45) is 5.73 Å². The van der Waals surface area contributed by atoms with Crippen LogP contribution in [0.25, 0.3) is 45.2 Å². The van der Waals surface area contributed by atoms with Crippen molar-refractivity contribution in [3.63, 3.8) is 0 Å². The van der Waals surface area contributed by atoms with Crippen LogP contribution in [-0.2, 0) is 11.8 Å². The van der Waals surface area contributed by atoms with Crippen molar-refractivity contribution in [2.75, 3.05) is 0 Å². The first-order valence-corrected chi connectivity index (χ1v) is 20.7. The van der Waals surface area contributed by atoms with E-state index in [0.717, 1.165) is 24.8 Å². The number of benzene rings is 7. The number of hydrogen-bond donors (Lipinski definition) is 1. The Balaban J connectivity index is 0.000000216. The van der Waals surface area contributed by atoms with Crippen molar-refractivity contribution < 1.29 is 4.39 Å². The Hall–Kier alpha value is -7.03. The Bertz CT molecular complexity index is 2840. The maximum atomic E-state index is 12.4. The largest absolute Gasteiger partial charge is 0.399 e. The average molecular weight is 780 g/mol. The molecule has 0 amide bonds. The fourth-order valence-corrected chi connectivity index (χ4v) is 9.29. The molecule has 0 saturated carbocycles. The first-order valence-electron chi connectivity index (χ1n) is 20.7. The van der Waals surface area contributed by atoms with Crippen LogP contribution in [0.15, 0.2) is 201 Å². The lowest BCUT2D eigenvalue weighted by atomic mass is 9.64. The maximum Gasteiger partial charge on any atom is 0.123 e. The molecule has 1 atom stereocenters. The van der Waals surface area contributed by atoms with Crippen LogP contribution in [0.2, 0.25) is 0 Å². The summed E-state index contributed by atoms with van der Waals surface area (Å²) in [4.78, 5) is 0. The van der Waals surface area contributed by atoms with Gasteiger partial charge in [0.25, 0.3) is 0 Å². The molecule has 0 fully saturated rings.